The summed E-state index contributed by atoms with van der Waals surface area (Å²) >= 11 is 5.92. The number of rotatable bonds is 9. The molecule has 0 fully saturated rings. The average molecular weight is 387 g/mol. The fourth-order valence-electron chi connectivity index (χ4n) is 2.45. The predicted octanol–water partition coefficient (Wildman–Crippen LogP) is 1.42. The van der Waals surface area contributed by atoms with Gasteiger partial charge in [0.05, 0.1) is 18.5 Å². The van der Waals surface area contributed by atoms with Gasteiger partial charge in [0.25, 0.3) is 0 Å². The molecule has 0 spiro atoms. The van der Waals surface area contributed by atoms with Gasteiger partial charge < -0.3 is 0 Å². The van der Waals surface area contributed by atoms with E-state index in [4.69, 9.17) is 11.6 Å². The molecule has 0 atom stereocenters. The van der Waals surface area contributed by atoms with Gasteiger partial charge in [-0.25, -0.2) is 12.7 Å². The topological polar surface area (TPSA) is 84.2 Å². The van der Waals surface area contributed by atoms with E-state index in [0.29, 0.717) is 37.0 Å². The maximum absolute atomic E-state index is 11.7. The second kappa shape index (κ2) is 8.70. The molecule has 0 saturated carbocycles. The van der Waals surface area contributed by atoms with Crippen molar-refractivity contribution in [1.29, 1.82) is 0 Å². The minimum absolute atomic E-state index is 0.436. The third-order valence-corrected chi connectivity index (χ3v) is 5.54. The normalized spacial score (nSPS) is 12.2. The molecule has 1 aromatic carbocycles. The maximum atomic E-state index is 11.7. The fraction of sp³-hybridized carbons (Fsp3) is 0.533. The number of halogens is 1. The minimum atomic E-state index is -3.19. The highest BCUT2D eigenvalue weighted by Crippen LogP contribution is 2.14. The summed E-state index contributed by atoms with van der Waals surface area (Å²) in [6.45, 7) is 6.63. The molecule has 0 N–H and O–H groups in total. The van der Waals surface area contributed by atoms with Crippen LogP contribution in [0.15, 0.2) is 24.3 Å². The fourth-order valence-corrected chi connectivity index (χ4v) is 3.46. The first-order chi connectivity index (χ1) is 11.8. The van der Waals surface area contributed by atoms with E-state index in [1.165, 1.54) is 10.6 Å². The van der Waals surface area contributed by atoms with E-state index in [2.05, 4.69) is 20.4 Å². The summed E-state index contributed by atoms with van der Waals surface area (Å²) in [5, 5.41) is 12.5. The van der Waals surface area contributed by atoms with Crippen LogP contribution in [0, 0.1) is 0 Å². The van der Waals surface area contributed by atoms with E-state index in [1.54, 1.807) is 16.8 Å². The first-order valence-electron chi connectivity index (χ1n) is 8.05. The van der Waals surface area contributed by atoms with Crippen LogP contribution in [-0.4, -0.2) is 70.3 Å². The number of benzene rings is 1. The van der Waals surface area contributed by atoms with Crippen LogP contribution in [0.5, 0.6) is 0 Å². The van der Waals surface area contributed by atoms with Gasteiger partial charge in [-0.2, -0.15) is 4.68 Å². The summed E-state index contributed by atoms with van der Waals surface area (Å²) in [5.41, 5.74) is 0.826. The highest BCUT2D eigenvalue weighted by molar-refractivity contribution is 7.88. The van der Waals surface area contributed by atoms with Crippen molar-refractivity contribution in [2.75, 3.05) is 32.4 Å². The Balaban J connectivity index is 2.07. The van der Waals surface area contributed by atoms with Gasteiger partial charge in [0, 0.05) is 24.7 Å². The molecule has 0 unspecified atom stereocenters. The molecule has 0 saturated heterocycles. The SMILES string of the molecule is CCN(CCN(CC)S(C)(=O)=O)Cc1nnnn1-c1ccc(Cl)cc1. The van der Waals surface area contributed by atoms with Gasteiger partial charge in [0.2, 0.25) is 10.0 Å². The van der Waals surface area contributed by atoms with E-state index in [1.807, 2.05) is 26.0 Å². The van der Waals surface area contributed by atoms with Crippen molar-refractivity contribution in [2.24, 2.45) is 0 Å². The highest BCUT2D eigenvalue weighted by Gasteiger charge is 2.17. The Hall–Kier alpha value is -1.55. The monoisotopic (exact) mass is 386 g/mol. The zero-order valence-corrected chi connectivity index (χ0v) is 16.2. The van der Waals surface area contributed by atoms with Crippen molar-refractivity contribution >= 4 is 21.6 Å². The molecule has 138 valence electrons. The summed E-state index contributed by atoms with van der Waals surface area (Å²) in [6, 6.07) is 7.26. The highest BCUT2D eigenvalue weighted by atomic mass is 35.5. The third-order valence-electron chi connectivity index (χ3n) is 3.90. The molecule has 2 rings (SSSR count). The van der Waals surface area contributed by atoms with Crippen LogP contribution < -0.4 is 0 Å². The predicted molar refractivity (Wildman–Crippen MR) is 97.2 cm³/mol. The number of tetrazole rings is 1. The molecule has 0 aliphatic carbocycles. The molecule has 0 radical (unpaired) electrons. The lowest BCUT2D eigenvalue weighted by atomic mass is 10.3. The summed E-state index contributed by atoms with van der Waals surface area (Å²) in [7, 11) is -3.19. The van der Waals surface area contributed by atoms with Gasteiger partial charge >= 0.3 is 0 Å². The van der Waals surface area contributed by atoms with E-state index in [-0.39, 0.29) is 0 Å². The third kappa shape index (κ3) is 5.46. The van der Waals surface area contributed by atoms with Crippen molar-refractivity contribution < 1.29 is 8.42 Å². The van der Waals surface area contributed by atoms with Crippen molar-refractivity contribution in [3.63, 3.8) is 0 Å². The van der Waals surface area contributed by atoms with Gasteiger partial charge in [0.1, 0.15) is 0 Å². The molecule has 8 nitrogen and oxygen atoms in total. The van der Waals surface area contributed by atoms with Crippen LogP contribution >= 0.6 is 11.6 Å². The Bertz CT molecular complexity index is 778. The molecule has 25 heavy (non-hydrogen) atoms. The van der Waals surface area contributed by atoms with E-state index >= 15 is 0 Å². The second-order valence-corrected chi connectivity index (χ2v) is 8.03. The van der Waals surface area contributed by atoms with E-state index in [9.17, 15) is 8.42 Å². The lowest BCUT2D eigenvalue weighted by Crippen LogP contribution is -2.38. The summed E-state index contributed by atoms with van der Waals surface area (Å²) in [5.74, 6) is 0.687. The standard InChI is InChI=1S/C15H23ClN6O2S/c1-4-20(10-11-21(5-2)25(3,23)24)12-15-17-18-19-22(15)14-8-6-13(16)7-9-14/h6-9H,4-5,10-12H2,1-3H3. The summed E-state index contributed by atoms with van der Waals surface area (Å²) in [4.78, 5) is 2.10. The van der Waals surface area contributed by atoms with Gasteiger partial charge in [-0.15, -0.1) is 5.10 Å². The van der Waals surface area contributed by atoms with Crippen molar-refractivity contribution in [1.82, 2.24) is 29.4 Å². The van der Waals surface area contributed by atoms with Crippen LogP contribution in [0.3, 0.4) is 0 Å². The zero-order valence-electron chi connectivity index (χ0n) is 14.6. The molecule has 0 aliphatic heterocycles. The molecule has 0 aliphatic rings. The Labute approximate surface area is 153 Å². The minimum Gasteiger partial charge on any atom is -0.295 e. The Morgan fingerprint density at radius 3 is 2.36 bits per heavy atom. The van der Waals surface area contributed by atoms with Crippen LogP contribution in [0.2, 0.25) is 5.02 Å². The van der Waals surface area contributed by atoms with E-state index in [0.717, 1.165) is 12.2 Å². The number of likely N-dealkylation sites (N-methyl/N-ethyl adjacent to an activating group) is 2. The van der Waals surface area contributed by atoms with Crippen molar-refractivity contribution in [2.45, 2.75) is 20.4 Å². The Morgan fingerprint density at radius 2 is 1.80 bits per heavy atom. The number of hydrogen-bond acceptors (Lipinski definition) is 6. The molecule has 0 bridgehead atoms. The van der Waals surface area contributed by atoms with E-state index < -0.39 is 10.0 Å². The van der Waals surface area contributed by atoms with Gasteiger partial charge in [-0.3, -0.25) is 4.90 Å². The number of sulfonamides is 1. The summed E-state index contributed by atoms with van der Waals surface area (Å²) in [6.07, 6.45) is 1.23. The molecule has 2 aromatic rings. The van der Waals surface area contributed by atoms with Crippen LogP contribution in [0.1, 0.15) is 19.7 Å². The van der Waals surface area contributed by atoms with Crippen molar-refractivity contribution in [3.05, 3.63) is 35.1 Å². The molecular weight excluding hydrogens is 364 g/mol. The van der Waals surface area contributed by atoms with Gasteiger partial charge in [0.15, 0.2) is 5.82 Å². The average Bonchev–Trinajstić information content (AvgIpc) is 3.02. The molecular formula is C15H23ClN6O2S. The van der Waals surface area contributed by atoms with Crippen LogP contribution in [0.4, 0.5) is 0 Å². The Kier molecular flexibility index (Phi) is 6.88. The number of nitrogens with zero attached hydrogens (tertiary/aromatic N) is 6. The Morgan fingerprint density at radius 1 is 1.12 bits per heavy atom. The number of aromatic nitrogens is 4. The lowest BCUT2D eigenvalue weighted by molar-refractivity contribution is 0.248. The maximum Gasteiger partial charge on any atom is 0.211 e. The zero-order chi connectivity index (χ0) is 18.4. The van der Waals surface area contributed by atoms with Gasteiger partial charge in [-0.05, 0) is 41.2 Å². The largest absolute Gasteiger partial charge is 0.295 e. The lowest BCUT2D eigenvalue weighted by Gasteiger charge is -2.24. The first kappa shape index (κ1) is 19.8. The van der Waals surface area contributed by atoms with Crippen LogP contribution in [0.25, 0.3) is 5.69 Å². The molecule has 1 aromatic heterocycles. The molecule has 10 heteroatoms. The quantitative estimate of drug-likeness (QED) is 0.648. The van der Waals surface area contributed by atoms with Crippen LogP contribution in [-0.2, 0) is 16.6 Å². The number of hydrogen-bond donors (Lipinski definition) is 0. The van der Waals surface area contributed by atoms with Crippen molar-refractivity contribution in [3.8, 4) is 5.69 Å². The molecule has 1 heterocycles. The first-order valence-corrected chi connectivity index (χ1v) is 10.3. The second-order valence-electron chi connectivity index (χ2n) is 5.61. The van der Waals surface area contributed by atoms with Gasteiger partial charge in [-0.1, -0.05) is 25.4 Å². The smallest absolute Gasteiger partial charge is 0.211 e. The summed E-state index contributed by atoms with van der Waals surface area (Å²) < 4.78 is 26.5. The molecule has 0 amide bonds.